The van der Waals surface area contributed by atoms with Crippen LogP contribution in [0.3, 0.4) is 0 Å². The Morgan fingerprint density at radius 3 is 2.88 bits per heavy atom. The second-order valence-electron chi connectivity index (χ2n) is 3.38. The molecule has 0 aromatic heterocycles. The van der Waals surface area contributed by atoms with E-state index in [4.69, 9.17) is 21.4 Å². The highest BCUT2D eigenvalue weighted by molar-refractivity contribution is 6.30. The predicted octanol–water partition coefficient (Wildman–Crippen LogP) is 1.84. The highest BCUT2D eigenvalue weighted by Crippen LogP contribution is 2.21. The predicted molar refractivity (Wildman–Crippen MR) is 61.7 cm³/mol. The van der Waals surface area contributed by atoms with Crippen molar-refractivity contribution in [3.8, 4) is 0 Å². The first-order valence-electron chi connectivity index (χ1n) is 4.96. The molecule has 1 rings (SSSR count). The first-order chi connectivity index (χ1) is 8.06. The second kappa shape index (κ2) is 6.54. The maximum atomic E-state index is 13.6. The summed E-state index contributed by atoms with van der Waals surface area (Å²) in [6.45, 7) is 0.661. The van der Waals surface area contributed by atoms with Crippen LogP contribution in [-0.2, 0) is 9.53 Å². The van der Waals surface area contributed by atoms with Crippen molar-refractivity contribution in [2.45, 2.75) is 6.04 Å². The summed E-state index contributed by atoms with van der Waals surface area (Å²) in [5.41, 5.74) is 0.0537. The lowest BCUT2D eigenvalue weighted by atomic mass is 10.1. The molecule has 2 N–H and O–H groups in total. The zero-order chi connectivity index (χ0) is 12.8. The summed E-state index contributed by atoms with van der Waals surface area (Å²) in [5, 5.41) is 11.9. The molecule has 0 spiro atoms. The molecule has 0 aliphatic heterocycles. The van der Waals surface area contributed by atoms with Crippen LogP contribution < -0.4 is 5.32 Å². The summed E-state index contributed by atoms with van der Waals surface area (Å²) in [5.74, 6) is -1.79. The molecule has 6 heteroatoms. The van der Waals surface area contributed by atoms with Crippen molar-refractivity contribution in [3.05, 3.63) is 34.6 Å². The third-order valence-electron chi connectivity index (χ3n) is 2.18. The van der Waals surface area contributed by atoms with Crippen molar-refractivity contribution in [3.63, 3.8) is 0 Å². The van der Waals surface area contributed by atoms with Gasteiger partial charge in [-0.25, -0.2) is 4.39 Å². The Morgan fingerprint density at radius 2 is 2.35 bits per heavy atom. The molecule has 17 heavy (non-hydrogen) atoms. The van der Waals surface area contributed by atoms with E-state index >= 15 is 0 Å². The van der Waals surface area contributed by atoms with Gasteiger partial charge in [-0.1, -0.05) is 17.7 Å². The fraction of sp³-hybridized carbons (Fsp3) is 0.364. The summed E-state index contributed by atoms with van der Waals surface area (Å²) < 4.78 is 18.3. The van der Waals surface area contributed by atoms with E-state index in [9.17, 15) is 9.18 Å². The lowest BCUT2D eigenvalue weighted by Crippen LogP contribution is -2.31. The Bertz CT molecular complexity index is 400. The van der Waals surface area contributed by atoms with Gasteiger partial charge in [0.25, 0.3) is 0 Å². The van der Waals surface area contributed by atoms with Crippen molar-refractivity contribution in [2.75, 3.05) is 20.3 Å². The summed E-state index contributed by atoms with van der Waals surface area (Å²) in [6.07, 6.45) is 0. The number of methoxy groups -OCH3 is 1. The molecule has 0 radical (unpaired) electrons. The standard InChI is InChI=1S/C11H13ClFNO3/c1-17-5-4-14-10(11(15)16)8-3-2-7(12)6-9(8)13/h2-3,6,10,14H,4-5H2,1H3,(H,15,16). The van der Waals surface area contributed by atoms with E-state index in [-0.39, 0.29) is 10.6 Å². The molecule has 1 atom stereocenters. The number of hydrogen-bond donors (Lipinski definition) is 2. The van der Waals surface area contributed by atoms with Crippen LogP contribution in [0.4, 0.5) is 4.39 Å². The zero-order valence-corrected chi connectivity index (χ0v) is 10.00. The molecule has 0 amide bonds. The minimum Gasteiger partial charge on any atom is -0.480 e. The molecule has 0 saturated heterocycles. The lowest BCUT2D eigenvalue weighted by Gasteiger charge is -2.15. The van der Waals surface area contributed by atoms with Gasteiger partial charge in [-0.05, 0) is 12.1 Å². The fourth-order valence-electron chi connectivity index (χ4n) is 1.37. The van der Waals surface area contributed by atoms with Crippen LogP contribution in [0.5, 0.6) is 0 Å². The van der Waals surface area contributed by atoms with Gasteiger partial charge >= 0.3 is 5.97 Å². The van der Waals surface area contributed by atoms with Crippen molar-refractivity contribution in [1.29, 1.82) is 0 Å². The Morgan fingerprint density at radius 1 is 1.65 bits per heavy atom. The first-order valence-corrected chi connectivity index (χ1v) is 5.34. The van der Waals surface area contributed by atoms with E-state index in [0.717, 1.165) is 6.07 Å². The zero-order valence-electron chi connectivity index (χ0n) is 9.24. The number of halogens is 2. The van der Waals surface area contributed by atoms with Gasteiger partial charge in [-0.3, -0.25) is 10.1 Å². The quantitative estimate of drug-likeness (QED) is 0.767. The molecule has 1 aromatic rings. The number of carbonyl (C=O) groups is 1. The minimum absolute atomic E-state index is 0.0537. The molecule has 0 saturated carbocycles. The second-order valence-corrected chi connectivity index (χ2v) is 3.82. The SMILES string of the molecule is COCCNC(C(=O)O)c1ccc(Cl)cc1F. The number of ether oxygens (including phenoxy) is 1. The number of nitrogens with one attached hydrogen (secondary N) is 1. The molecule has 0 heterocycles. The van der Waals surface area contributed by atoms with Crippen LogP contribution in [0.1, 0.15) is 11.6 Å². The fourth-order valence-corrected chi connectivity index (χ4v) is 1.53. The van der Waals surface area contributed by atoms with Crippen molar-refractivity contribution in [2.24, 2.45) is 0 Å². The van der Waals surface area contributed by atoms with Gasteiger partial charge in [-0.2, -0.15) is 0 Å². The largest absolute Gasteiger partial charge is 0.480 e. The van der Waals surface area contributed by atoms with Crippen LogP contribution >= 0.6 is 11.6 Å². The van der Waals surface area contributed by atoms with Gasteiger partial charge in [0.05, 0.1) is 6.61 Å². The molecule has 4 nitrogen and oxygen atoms in total. The van der Waals surface area contributed by atoms with Crippen LogP contribution in [0, 0.1) is 5.82 Å². The van der Waals surface area contributed by atoms with E-state index in [1.807, 2.05) is 0 Å². The Hall–Kier alpha value is -1.17. The maximum Gasteiger partial charge on any atom is 0.325 e. The smallest absolute Gasteiger partial charge is 0.325 e. The highest BCUT2D eigenvalue weighted by Gasteiger charge is 2.22. The van der Waals surface area contributed by atoms with Crippen molar-refractivity contribution >= 4 is 17.6 Å². The summed E-state index contributed by atoms with van der Waals surface area (Å²) in [4.78, 5) is 11.0. The molecule has 0 aliphatic rings. The van der Waals surface area contributed by atoms with Gasteiger partial charge in [0.15, 0.2) is 0 Å². The van der Waals surface area contributed by atoms with E-state index < -0.39 is 17.8 Å². The maximum absolute atomic E-state index is 13.6. The van der Waals surface area contributed by atoms with Crippen LogP contribution in [-0.4, -0.2) is 31.3 Å². The molecule has 1 unspecified atom stereocenters. The Balaban J connectivity index is 2.86. The highest BCUT2D eigenvalue weighted by atomic mass is 35.5. The van der Waals surface area contributed by atoms with Crippen LogP contribution in [0.25, 0.3) is 0 Å². The minimum atomic E-state index is -1.15. The Kier molecular flexibility index (Phi) is 5.34. The van der Waals surface area contributed by atoms with E-state index in [2.05, 4.69) is 5.32 Å². The molecule has 1 aromatic carbocycles. The lowest BCUT2D eigenvalue weighted by molar-refractivity contribution is -0.139. The molecular weight excluding hydrogens is 249 g/mol. The number of aliphatic carboxylic acids is 1. The van der Waals surface area contributed by atoms with Gasteiger partial charge in [0.2, 0.25) is 0 Å². The normalized spacial score (nSPS) is 12.4. The molecule has 0 fully saturated rings. The summed E-state index contributed by atoms with van der Waals surface area (Å²) >= 11 is 5.60. The van der Waals surface area contributed by atoms with Crippen LogP contribution in [0.2, 0.25) is 5.02 Å². The average molecular weight is 262 g/mol. The van der Waals surface area contributed by atoms with Gasteiger partial charge in [0, 0.05) is 24.2 Å². The van der Waals surface area contributed by atoms with Gasteiger partial charge < -0.3 is 9.84 Å². The molecule has 0 bridgehead atoms. The molecule has 0 aliphatic carbocycles. The number of hydrogen-bond acceptors (Lipinski definition) is 3. The van der Waals surface area contributed by atoms with E-state index in [1.54, 1.807) is 0 Å². The van der Waals surface area contributed by atoms with E-state index in [1.165, 1.54) is 19.2 Å². The van der Waals surface area contributed by atoms with Crippen molar-refractivity contribution < 1.29 is 19.0 Å². The number of carboxylic acids is 1. The molecular formula is C11H13ClFNO3. The van der Waals surface area contributed by atoms with Crippen molar-refractivity contribution in [1.82, 2.24) is 5.32 Å². The summed E-state index contributed by atoms with van der Waals surface area (Å²) in [7, 11) is 1.50. The topological polar surface area (TPSA) is 58.6 Å². The van der Waals surface area contributed by atoms with Gasteiger partial charge in [-0.15, -0.1) is 0 Å². The molecule has 94 valence electrons. The monoisotopic (exact) mass is 261 g/mol. The van der Waals surface area contributed by atoms with E-state index in [0.29, 0.717) is 13.2 Å². The first kappa shape index (κ1) is 13.9. The van der Waals surface area contributed by atoms with Crippen LogP contribution in [0.15, 0.2) is 18.2 Å². The summed E-state index contributed by atoms with van der Waals surface area (Å²) in [6, 6.07) is 2.79. The number of carboxylic acid groups (broad SMARTS) is 1. The average Bonchev–Trinajstić information content (AvgIpc) is 2.25. The third-order valence-corrected chi connectivity index (χ3v) is 2.41. The van der Waals surface area contributed by atoms with Gasteiger partial charge in [0.1, 0.15) is 11.9 Å². The number of benzene rings is 1. The Labute approximate surface area is 103 Å². The third kappa shape index (κ3) is 3.96. The number of rotatable bonds is 6.